The van der Waals surface area contributed by atoms with Gasteiger partial charge in [0.2, 0.25) is 0 Å². The SMILES string of the molecule is COCCCn1c(=S)[nH]c(=O)c2c(C(F)F)cc(-c3cn(C)nc3C)nc21. The van der Waals surface area contributed by atoms with Crippen LogP contribution in [0.4, 0.5) is 8.78 Å². The maximum Gasteiger partial charge on any atom is 0.264 e. The van der Waals surface area contributed by atoms with E-state index in [0.717, 1.165) is 0 Å². The second-order valence-electron chi connectivity index (χ2n) is 6.16. The topological polar surface area (TPSA) is 77.7 Å². The molecule has 0 unspecified atom stereocenters. The second-order valence-corrected chi connectivity index (χ2v) is 6.54. The van der Waals surface area contributed by atoms with Crippen LogP contribution in [0.1, 0.15) is 24.1 Å². The summed E-state index contributed by atoms with van der Waals surface area (Å²) in [6, 6.07) is 1.24. The highest BCUT2D eigenvalue weighted by molar-refractivity contribution is 7.71. The highest BCUT2D eigenvalue weighted by Crippen LogP contribution is 2.30. The number of aryl methyl sites for hydroxylation is 3. The lowest BCUT2D eigenvalue weighted by Gasteiger charge is -2.14. The molecule has 0 radical (unpaired) electrons. The fourth-order valence-electron chi connectivity index (χ4n) is 3.04. The molecule has 0 saturated carbocycles. The maximum atomic E-state index is 13.8. The summed E-state index contributed by atoms with van der Waals surface area (Å²) >= 11 is 5.24. The Morgan fingerprint density at radius 3 is 2.74 bits per heavy atom. The van der Waals surface area contributed by atoms with Gasteiger partial charge in [0, 0.05) is 44.6 Å². The molecule has 0 aromatic carbocycles. The van der Waals surface area contributed by atoms with Gasteiger partial charge >= 0.3 is 0 Å². The fourth-order valence-corrected chi connectivity index (χ4v) is 3.31. The Morgan fingerprint density at radius 1 is 1.41 bits per heavy atom. The van der Waals surface area contributed by atoms with Gasteiger partial charge in [-0.3, -0.25) is 14.5 Å². The number of rotatable bonds is 6. The summed E-state index contributed by atoms with van der Waals surface area (Å²) in [5.41, 5.74) is 0.680. The Kier molecular flexibility index (Phi) is 5.47. The number of aromatic nitrogens is 5. The number of aromatic amines is 1. The molecule has 0 aliphatic carbocycles. The van der Waals surface area contributed by atoms with Crippen molar-refractivity contribution in [2.75, 3.05) is 13.7 Å². The van der Waals surface area contributed by atoms with E-state index in [-0.39, 0.29) is 21.4 Å². The zero-order valence-corrected chi connectivity index (χ0v) is 15.9. The molecule has 0 spiro atoms. The molecule has 7 nitrogen and oxygen atoms in total. The maximum absolute atomic E-state index is 13.8. The largest absolute Gasteiger partial charge is 0.385 e. The van der Waals surface area contributed by atoms with Gasteiger partial charge in [-0.15, -0.1) is 0 Å². The lowest BCUT2D eigenvalue weighted by molar-refractivity contribution is 0.153. The Morgan fingerprint density at radius 2 is 2.15 bits per heavy atom. The lowest BCUT2D eigenvalue weighted by Crippen LogP contribution is -2.18. The van der Waals surface area contributed by atoms with E-state index in [0.29, 0.717) is 36.5 Å². The minimum absolute atomic E-state index is 0.135. The third kappa shape index (κ3) is 3.67. The van der Waals surface area contributed by atoms with Crippen molar-refractivity contribution in [3.05, 3.63) is 38.6 Å². The number of hydrogen-bond acceptors (Lipinski definition) is 5. The number of pyridine rings is 1. The van der Waals surface area contributed by atoms with Gasteiger partial charge in [-0.25, -0.2) is 13.8 Å². The van der Waals surface area contributed by atoms with Crippen molar-refractivity contribution in [2.45, 2.75) is 26.3 Å². The van der Waals surface area contributed by atoms with Gasteiger partial charge < -0.3 is 9.30 Å². The van der Waals surface area contributed by atoms with Crippen molar-refractivity contribution in [3.8, 4) is 11.3 Å². The predicted octanol–water partition coefficient (Wildman–Crippen LogP) is 3.14. The Bertz CT molecular complexity index is 1100. The minimum atomic E-state index is -2.84. The van der Waals surface area contributed by atoms with Crippen LogP contribution >= 0.6 is 12.2 Å². The second kappa shape index (κ2) is 7.65. The van der Waals surface area contributed by atoms with Gasteiger partial charge in [-0.2, -0.15) is 5.10 Å². The van der Waals surface area contributed by atoms with E-state index in [1.807, 2.05) is 0 Å². The number of nitrogens with one attached hydrogen (secondary N) is 1. The molecule has 0 atom stereocenters. The van der Waals surface area contributed by atoms with Gasteiger partial charge in [0.05, 0.1) is 16.8 Å². The molecule has 0 fully saturated rings. The Balaban J connectivity index is 2.34. The van der Waals surface area contributed by atoms with E-state index in [9.17, 15) is 13.6 Å². The number of fused-ring (bicyclic) bond motifs is 1. The van der Waals surface area contributed by atoms with Crippen LogP contribution in [0.15, 0.2) is 17.1 Å². The zero-order valence-electron chi connectivity index (χ0n) is 15.1. The number of alkyl halides is 2. The van der Waals surface area contributed by atoms with Gasteiger partial charge in [-0.1, -0.05) is 0 Å². The first-order chi connectivity index (χ1) is 12.8. The van der Waals surface area contributed by atoms with Crippen LogP contribution < -0.4 is 5.56 Å². The zero-order chi connectivity index (χ0) is 19.7. The van der Waals surface area contributed by atoms with E-state index in [1.54, 1.807) is 36.5 Å². The van der Waals surface area contributed by atoms with Crippen molar-refractivity contribution in [1.29, 1.82) is 0 Å². The van der Waals surface area contributed by atoms with Gasteiger partial charge in [-0.05, 0) is 31.6 Å². The average molecular weight is 395 g/mol. The first kappa shape index (κ1) is 19.3. The summed E-state index contributed by atoms with van der Waals surface area (Å²) in [5, 5.41) is 4.09. The quantitative estimate of drug-likeness (QED) is 0.513. The van der Waals surface area contributed by atoms with E-state index in [2.05, 4.69) is 15.1 Å². The predicted molar refractivity (Wildman–Crippen MR) is 99.6 cm³/mol. The first-order valence-corrected chi connectivity index (χ1v) is 8.69. The molecule has 3 aromatic heterocycles. The van der Waals surface area contributed by atoms with Crippen LogP contribution in [-0.4, -0.2) is 38.0 Å². The summed E-state index contributed by atoms with van der Waals surface area (Å²) < 4.78 is 35.8. The molecule has 0 bridgehead atoms. The number of nitrogens with zero attached hydrogens (tertiary/aromatic N) is 4. The molecule has 0 amide bonds. The average Bonchev–Trinajstić information content (AvgIpc) is 2.95. The number of halogens is 2. The molecular formula is C17H19F2N5O2S. The fraction of sp³-hybridized carbons (Fsp3) is 0.412. The summed E-state index contributed by atoms with van der Waals surface area (Å²) in [5.74, 6) is 0. The monoisotopic (exact) mass is 395 g/mol. The van der Waals surface area contributed by atoms with Crippen molar-refractivity contribution >= 4 is 23.3 Å². The molecule has 1 N–H and O–H groups in total. The summed E-state index contributed by atoms with van der Waals surface area (Å²) in [7, 11) is 3.31. The number of methoxy groups -OCH3 is 1. The van der Waals surface area contributed by atoms with Crippen molar-refractivity contribution in [2.24, 2.45) is 7.05 Å². The highest BCUT2D eigenvalue weighted by Gasteiger charge is 2.21. The highest BCUT2D eigenvalue weighted by atomic mass is 32.1. The van der Waals surface area contributed by atoms with Crippen LogP contribution in [0.3, 0.4) is 0 Å². The van der Waals surface area contributed by atoms with E-state index in [4.69, 9.17) is 17.0 Å². The molecule has 144 valence electrons. The lowest BCUT2D eigenvalue weighted by atomic mass is 10.1. The summed E-state index contributed by atoms with van der Waals surface area (Å²) in [6.07, 6.45) is -0.542. The molecule has 0 aliphatic heterocycles. The van der Waals surface area contributed by atoms with E-state index in [1.165, 1.54) is 6.07 Å². The summed E-state index contributed by atoms with van der Waals surface area (Å²) in [6.45, 7) is 2.61. The first-order valence-electron chi connectivity index (χ1n) is 8.29. The number of ether oxygens (including phenoxy) is 1. The van der Waals surface area contributed by atoms with Gasteiger partial charge in [0.25, 0.3) is 12.0 Å². The number of hydrogen-bond donors (Lipinski definition) is 1. The van der Waals surface area contributed by atoms with E-state index >= 15 is 0 Å². The minimum Gasteiger partial charge on any atom is -0.385 e. The molecular weight excluding hydrogens is 376 g/mol. The molecule has 3 rings (SSSR count). The van der Waals surface area contributed by atoms with Gasteiger partial charge in [0.1, 0.15) is 5.65 Å². The van der Waals surface area contributed by atoms with Gasteiger partial charge in [0.15, 0.2) is 4.77 Å². The molecule has 27 heavy (non-hydrogen) atoms. The molecule has 3 aromatic rings. The smallest absolute Gasteiger partial charge is 0.264 e. The van der Waals surface area contributed by atoms with Crippen molar-refractivity contribution in [1.82, 2.24) is 24.3 Å². The van der Waals surface area contributed by atoms with Crippen LogP contribution in [-0.2, 0) is 18.3 Å². The third-order valence-corrected chi connectivity index (χ3v) is 4.56. The Hall–Kier alpha value is -2.46. The standard InChI is InChI=1S/C17H19F2N5O2S/c1-9-11(8-23(2)22-9)12-7-10(14(18)19)13-15(20-12)24(5-4-6-26-3)17(27)21-16(13)25/h7-8,14H,4-6H2,1-3H3,(H,21,25,27). The van der Waals surface area contributed by atoms with Crippen LogP contribution in [0, 0.1) is 11.7 Å². The van der Waals surface area contributed by atoms with E-state index < -0.39 is 12.0 Å². The summed E-state index contributed by atoms with van der Waals surface area (Å²) in [4.78, 5) is 19.4. The van der Waals surface area contributed by atoms with Crippen LogP contribution in [0.2, 0.25) is 0 Å². The molecule has 0 aliphatic rings. The molecule has 10 heteroatoms. The number of H-pyrrole nitrogens is 1. The molecule has 3 heterocycles. The third-order valence-electron chi connectivity index (χ3n) is 4.23. The van der Waals surface area contributed by atoms with Crippen LogP contribution in [0.25, 0.3) is 22.3 Å². The Labute approximate surface area is 158 Å². The van der Waals surface area contributed by atoms with Crippen molar-refractivity contribution in [3.63, 3.8) is 0 Å². The van der Waals surface area contributed by atoms with Crippen molar-refractivity contribution < 1.29 is 13.5 Å². The normalized spacial score (nSPS) is 11.6. The van der Waals surface area contributed by atoms with Crippen LogP contribution in [0.5, 0.6) is 0 Å². The molecule has 0 saturated heterocycles.